The lowest BCUT2D eigenvalue weighted by Crippen LogP contribution is -2.15. The predicted octanol–water partition coefficient (Wildman–Crippen LogP) is 3.85. The number of hydrogen-bond acceptors (Lipinski definition) is 4. The van der Waals surface area contributed by atoms with Crippen molar-refractivity contribution in [2.45, 2.75) is 12.8 Å². The van der Waals surface area contributed by atoms with Crippen LogP contribution in [0.5, 0.6) is 0 Å². The van der Waals surface area contributed by atoms with Crippen LogP contribution in [0.1, 0.15) is 23.2 Å². The normalized spacial score (nSPS) is 13.2. The molecule has 128 valence electrons. The van der Waals surface area contributed by atoms with Gasteiger partial charge in [0.2, 0.25) is 5.91 Å². The Bertz CT molecular complexity index is 865. The second kappa shape index (κ2) is 6.90. The molecule has 1 saturated carbocycles. The maximum atomic E-state index is 12.3. The van der Waals surface area contributed by atoms with Crippen molar-refractivity contribution in [1.82, 2.24) is 0 Å². The third-order valence-electron chi connectivity index (χ3n) is 3.74. The average Bonchev–Trinajstić information content (AvgIpc) is 3.39. The van der Waals surface area contributed by atoms with Crippen LogP contribution >= 0.6 is 11.6 Å². The van der Waals surface area contributed by atoms with E-state index in [0.29, 0.717) is 11.4 Å². The molecule has 2 N–H and O–H groups in total. The highest BCUT2D eigenvalue weighted by Crippen LogP contribution is 2.30. The van der Waals surface area contributed by atoms with Crippen molar-refractivity contribution >= 4 is 40.5 Å². The Kier molecular flexibility index (Phi) is 4.67. The zero-order chi connectivity index (χ0) is 18.0. The Hall–Kier alpha value is -2.93. The van der Waals surface area contributed by atoms with Crippen LogP contribution < -0.4 is 10.6 Å². The summed E-state index contributed by atoms with van der Waals surface area (Å²) in [6, 6.07) is 10.4. The monoisotopic (exact) mass is 359 g/mol. The van der Waals surface area contributed by atoms with Crippen LogP contribution in [0.25, 0.3) is 0 Å². The Morgan fingerprint density at radius 1 is 1.08 bits per heavy atom. The van der Waals surface area contributed by atoms with Crippen molar-refractivity contribution in [3.8, 4) is 0 Å². The van der Waals surface area contributed by atoms with Crippen LogP contribution in [0.15, 0.2) is 42.5 Å². The molecule has 0 saturated heterocycles. The molecule has 0 aromatic heterocycles. The van der Waals surface area contributed by atoms with E-state index >= 15 is 0 Å². The number of non-ortho nitro benzene ring substituents is 1. The van der Waals surface area contributed by atoms with Gasteiger partial charge in [-0.3, -0.25) is 19.7 Å². The van der Waals surface area contributed by atoms with Crippen molar-refractivity contribution in [3.05, 3.63) is 63.2 Å². The molecule has 0 spiro atoms. The summed E-state index contributed by atoms with van der Waals surface area (Å²) in [7, 11) is 0. The Balaban J connectivity index is 1.72. The van der Waals surface area contributed by atoms with Gasteiger partial charge in [-0.1, -0.05) is 17.7 Å². The predicted molar refractivity (Wildman–Crippen MR) is 93.9 cm³/mol. The second-order valence-corrected chi connectivity index (χ2v) is 6.13. The van der Waals surface area contributed by atoms with E-state index in [1.807, 2.05) is 0 Å². The van der Waals surface area contributed by atoms with Crippen LogP contribution in [0.3, 0.4) is 0 Å². The molecule has 1 fully saturated rings. The number of benzene rings is 2. The smallest absolute Gasteiger partial charge is 0.270 e. The topological polar surface area (TPSA) is 101 Å². The van der Waals surface area contributed by atoms with Gasteiger partial charge in [-0.15, -0.1) is 0 Å². The van der Waals surface area contributed by atoms with E-state index in [4.69, 9.17) is 11.6 Å². The average molecular weight is 360 g/mol. The Morgan fingerprint density at radius 3 is 2.36 bits per heavy atom. The van der Waals surface area contributed by atoms with Gasteiger partial charge in [-0.25, -0.2) is 0 Å². The van der Waals surface area contributed by atoms with Gasteiger partial charge in [0.05, 0.1) is 15.5 Å². The molecule has 2 aromatic carbocycles. The zero-order valence-electron chi connectivity index (χ0n) is 13.0. The van der Waals surface area contributed by atoms with Crippen LogP contribution in [0.2, 0.25) is 5.02 Å². The minimum absolute atomic E-state index is 0.00936. The molecule has 0 radical (unpaired) electrons. The molecular formula is C17H14ClN3O4. The van der Waals surface area contributed by atoms with Gasteiger partial charge in [0.25, 0.3) is 11.6 Å². The molecule has 0 unspecified atom stereocenters. The van der Waals surface area contributed by atoms with E-state index in [9.17, 15) is 19.7 Å². The largest absolute Gasteiger partial charge is 0.326 e. The molecule has 8 heteroatoms. The minimum Gasteiger partial charge on any atom is -0.326 e. The molecule has 0 aliphatic heterocycles. The number of nitrogens with one attached hydrogen (secondary N) is 2. The number of amides is 2. The third kappa shape index (κ3) is 4.13. The maximum Gasteiger partial charge on any atom is 0.270 e. The summed E-state index contributed by atoms with van der Waals surface area (Å²) in [6.45, 7) is 0. The lowest BCUT2D eigenvalue weighted by molar-refractivity contribution is -0.384. The van der Waals surface area contributed by atoms with Crippen LogP contribution in [-0.2, 0) is 4.79 Å². The van der Waals surface area contributed by atoms with E-state index in [0.717, 1.165) is 18.9 Å². The first-order valence-electron chi connectivity index (χ1n) is 7.60. The first kappa shape index (κ1) is 16.9. The number of nitrogens with zero attached hydrogens (tertiary/aromatic N) is 1. The number of anilines is 2. The van der Waals surface area contributed by atoms with Gasteiger partial charge < -0.3 is 10.6 Å². The SMILES string of the molecule is O=C(Nc1cccc(NC(=O)C2CC2)c1)c1ccc([N+](=O)[O-])cc1Cl. The van der Waals surface area contributed by atoms with Gasteiger partial charge in [0.1, 0.15) is 0 Å². The number of nitro benzene ring substituents is 1. The number of hydrogen-bond donors (Lipinski definition) is 2. The van der Waals surface area contributed by atoms with Crippen molar-refractivity contribution in [2.75, 3.05) is 10.6 Å². The zero-order valence-corrected chi connectivity index (χ0v) is 13.7. The molecule has 2 aromatic rings. The standard InChI is InChI=1S/C17H14ClN3O4/c18-15-9-13(21(24)25)6-7-14(15)17(23)20-12-3-1-2-11(8-12)19-16(22)10-4-5-10/h1-3,6-10H,4-5H2,(H,19,22)(H,20,23). The first-order chi connectivity index (χ1) is 11.9. The third-order valence-corrected chi connectivity index (χ3v) is 4.06. The number of rotatable bonds is 5. The molecule has 25 heavy (non-hydrogen) atoms. The number of carbonyl (C=O) groups is 2. The summed E-state index contributed by atoms with van der Waals surface area (Å²) >= 11 is 5.95. The second-order valence-electron chi connectivity index (χ2n) is 5.72. The fourth-order valence-electron chi connectivity index (χ4n) is 2.26. The van der Waals surface area contributed by atoms with E-state index in [1.165, 1.54) is 12.1 Å². The van der Waals surface area contributed by atoms with Crippen LogP contribution in [-0.4, -0.2) is 16.7 Å². The highest BCUT2D eigenvalue weighted by Gasteiger charge is 2.29. The molecule has 1 aliphatic carbocycles. The van der Waals surface area contributed by atoms with Gasteiger partial charge in [0, 0.05) is 29.4 Å². The number of nitro groups is 1. The Morgan fingerprint density at radius 2 is 1.76 bits per heavy atom. The summed E-state index contributed by atoms with van der Waals surface area (Å²) in [5, 5.41) is 16.2. The molecule has 1 aliphatic rings. The molecule has 3 rings (SSSR count). The molecular weight excluding hydrogens is 346 g/mol. The van der Waals surface area contributed by atoms with Crippen LogP contribution in [0, 0.1) is 16.0 Å². The fourth-order valence-corrected chi connectivity index (χ4v) is 2.53. The molecule has 2 amide bonds. The van der Waals surface area contributed by atoms with Gasteiger partial charge >= 0.3 is 0 Å². The minimum atomic E-state index is -0.584. The lowest BCUT2D eigenvalue weighted by atomic mass is 10.2. The quantitative estimate of drug-likeness (QED) is 0.625. The fraction of sp³-hybridized carbons (Fsp3) is 0.176. The molecule has 0 bridgehead atoms. The molecule has 0 heterocycles. The summed E-state index contributed by atoms with van der Waals surface area (Å²) in [5.74, 6) is -0.440. The van der Waals surface area contributed by atoms with E-state index in [1.54, 1.807) is 24.3 Å². The Labute approximate surface area is 148 Å². The number of halogens is 1. The lowest BCUT2D eigenvalue weighted by Gasteiger charge is -2.09. The first-order valence-corrected chi connectivity index (χ1v) is 7.98. The highest BCUT2D eigenvalue weighted by molar-refractivity contribution is 6.34. The highest BCUT2D eigenvalue weighted by atomic mass is 35.5. The van der Waals surface area contributed by atoms with E-state index < -0.39 is 10.8 Å². The van der Waals surface area contributed by atoms with E-state index in [-0.39, 0.29) is 28.1 Å². The van der Waals surface area contributed by atoms with Crippen molar-refractivity contribution in [3.63, 3.8) is 0 Å². The van der Waals surface area contributed by atoms with Gasteiger partial charge in [-0.2, -0.15) is 0 Å². The van der Waals surface area contributed by atoms with Crippen LogP contribution in [0.4, 0.5) is 17.1 Å². The summed E-state index contributed by atoms with van der Waals surface area (Å²) in [5.41, 5.74) is 1.00. The number of carbonyl (C=O) groups excluding carboxylic acids is 2. The van der Waals surface area contributed by atoms with Gasteiger partial charge in [0.15, 0.2) is 0 Å². The van der Waals surface area contributed by atoms with E-state index in [2.05, 4.69) is 10.6 Å². The summed E-state index contributed by atoms with van der Waals surface area (Å²) < 4.78 is 0. The van der Waals surface area contributed by atoms with Crippen molar-refractivity contribution < 1.29 is 14.5 Å². The van der Waals surface area contributed by atoms with Crippen molar-refractivity contribution in [2.24, 2.45) is 5.92 Å². The molecule has 0 atom stereocenters. The molecule has 7 nitrogen and oxygen atoms in total. The summed E-state index contributed by atoms with van der Waals surface area (Å²) in [6.07, 6.45) is 1.81. The maximum absolute atomic E-state index is 12.3. The summed E-state index contributed by atoms with van der Waals surface area (Å²) in [4.78, 5) is 34.2. The van der Waals surface area contributed by atoms with Crippen molar-refractivity contribution in [1.29, 1.82) is 0 Å². The van der Waals surface area contributed by atoms with Gasteiger partial charge in [-0.05, 0) is 37.1 Å².